The van der Waals surface area contributed by atoms with Gasteiger partial charge in [0.15, 0.2) is 11.5 Å². The van der Waals surface area contributed by atoms with E-state index in [0.29, 0.717) is 5.92 Å². The first-order valence-electron chi connectivity index (χ1n) is 7.43. The van der Waals surface area contributed by atoms with E-state index in [9.17, 15) is 0 Å². The van der Waals surface area contributed by atoms with Crippen LogP contribution in [0.5, 0.6) is 0 Å². The van der Waals surface area contributed by atoms with E-state index in [1.807, 2.05) is 29.1 Å². The molecule has 0 aliphatic carbocycles. The Morgan fingerprint density at radius 2 is 1.95 bits per heavy atom. The summed E-state index contributed by atoms with van der Waals surface area (Å²) in [6, 6.07) is 4.06. The van der Waals surface area contributed by atoms with E-state index in [2.05, 4.69) is 52.4 Å². The van der Waals surface area contributed by atoms with Crippen molar-refractivity contribution in [2.24, 2.45) is 7.05 Å². The second-order valence-electron chi connectivity index (χ2n) is 5.94. The summed E-state index contributed by atoms with van der Waals surface area (Å²) < 4.78 is 3.75. The molecule has 0 saturated heterocycles. The molecule has 22 heavy (non-hydrogen) atoms. The van der Waals surface area contributed by atoms with Gasteiger partial charge in [0.2, 0.25) is 0 Å². The first-order valence-corrected chi connectivity index (χ1v) is 7.43. The lowest BCUT2D eigenvalue weighted by molar-refractivity contribution is 0.708. The third-order valence-corrected chi connectivity index (χ3v) is 3.66. The molecule has 7 heteroatoms. The number of nitrogens with zero attached hydrogens (tertiary/aromatic N) is 6. The lowest BCUT2D eigenvalue weighted by atomic mass is 10.1. The number of anilines is 1. The van der Waals surface area contributed by atoms with E-state index in [-0.39, 0.29) is 6.04 Å². The first-order chi connectivity index (χ1) is 10.5. The van der Waals surface area contributed by atoms with Gasteiger partial charge in [-0.3, -0.25) is 0 Å². The molecule has 1 N–H and O–H groups in total. The molecule has 0 fully saturated rings. The van der Waals surface area contributed by atoms with E-state index in [1.165, 1.54) is 0 Å². The summed E-state index contributed by atoms with van der Waals surface area (Å²) in [5, 5.41) is 16.1. The minimum Gasteiger partial charge on any atom is -0.360 e. The lowest BCUT2D eigenvalue weighted by Gasteiger charge is -2.16. The van der Waals surface area contributed by atoms with Gasteiger partial charge in [0.1, 0.15) is 12.1 Å². The van der Waals surface area contributed by atoms with E-state index in [0.717, 1.165) is 28.7 Å². The highest BCUT2D eigenvalue weighted by molar-refractivity contribution is 5.51. The van der Waals surface area contributed by atoms with Crippen LogP contribution in [0.1, 0.15) is 49.9 Å². The smallest absolute Gasteiger partial charge is 0.157 e. The SMILES string of the molecule is Cc1cc2nc(C(C)C)cc(N[C@H](C)c3nncn3C)n2n1. The van der Waals surface area contributed by atoms with Gasteiger partial charge in [-0.25, -0.2) is 4.98 Å². The molecule has 0 bridgehead atoms. The maximum atomic E-state index is 4.67. The molecule has 0 radical (unpaired) electrons. The number of hydrogen-bond donors (Lipinski definition) is 1. The monoisotopic (exact) mass is 299 g/mol. The van der Waals surface area contributed by atoms with Crippen LogP contribution < -0.4 is 5.32 Å². The van der Waals surface area contributed by atoms with Crippen molar-refractivity contribution < 1.29 is 0 Å². The quantitative estimate of drug-likeness (QED) is 0.801. The predicted octanol–water partition coefficient (Wildman–Crippen LogP) is 2.46. The Balaban J connectivity index is 2.03. The molecule has 1 atom stereocenters. The molecule has 0 aromatic carbocycles. The number of fused-ring (bicyclic) bond motifs is 1. The zero-order valence-corrected chi connectivity index (χ0v) is 13.6. The average molecular weight is 299 g/mol. The number of rotatable bonds is 4. The van der Waals surface area contributed by atoms with E-state index < -0.39 is 0 Å². The van der Waals surface area contributed by atoms with E-state index >= 15 is 0 Å². The topological polar surface area (TPSA) is 72.9 Å². The fourth-order valence-electron chi connectivity index (χ4n) is 2.48. The van der Waals surface area contributed by atoms with Crippen LogP contribution in [0.4, 0.5) is 5.82 Å². The fourth-order valence-corrected chi connectivity index (χ4v) is 2.48. The van der Waals surface area contributed by atoms with Crippen molar-refractivity contribution in [2.45, 2.75) is 39.7 Å². The van der Waals surface area contributed by atoms with Gasteiger partial charge in [0.05, 0.1) is 11.7 Å². The van der Waals surface area contributed by atoms with Crippen molar-refractivity contribution in [3.05, 3.63) is 35.7 Å². The van der Waals surface area contributed by atoms with E-state index in [4.69, 9.17) is 0 Å². The Bertz CT molecular complexity index is 799. The van der Waals surface area contributed by atoms with Gasteiger partial charge in [0, 0.05) is 24.9 Å². The molecule has 0 aliphatic heterocycles. The van der Waals surface area contributed by atoms with Crippen LogP contribution in [0.25, 0.3) is 5.65 Å². The van der Waals surface area contributed by atoms with Gasteiger partial charge in [-0.15, -0.1) is 10.2 Å². The zero-order chi connectivity index (χ0) is 15.9. The van der Waals surface area contributed by atoms with Crippen LogP contribution in [0.2, 0.25) is 0 Å². The number of nitrogens with one attached hydrogen (secondary N) is 1. The molecule has 0 spiro atoms. The van der Waals surface area contributed by atoms with Gasteiger partial charge >= 0.3 is 0 Å². The number of aromatic nitrogens is 6. The summed E-state index contributed by atoms with van der Waals surface area (Å²) in [5.74, 6) is 2.14. The van der Waals surface area contributed by atoms with Crippen LogP contribution >= 0.6 is 0 Å². The van der Waals surface area contributed by atoms with Gasteiger partial charge in [-0.05, 0) is 19.8 Å². The molecule has 3 rings (SSSR count). The fraction of sp³-hybridized carbons (Fsp3) is 0.467. The van der Waals surface area contributed by atoms with Crippen molar-refractivity contribution in [1.82, 2.24) is 29.4 Å². The van der Waals surface area contributed by atoms with Crippen LogP contribution in [0.3, 0.4) is 0 Å². The minimum absolute atomic E-state index is 0.0163. The summed E-state index contributed by atoms with van der Waals surface area (Å²) in [4.78, 5) is 4.67. The van der Waals surface area contributed by atoms with Gasteiger partial charge in [-0.2, -0.15) is 9.61 Å². The Morgan fingerprint density at radius 1 is 1.18 bits per heavy atom. The highest BCUT2D eigenvalue weighted by Crippen LogP contribution is 2.22. The third-order valence-electron chi connectivity index (χ3n) is 3.66. The van der Waals surface area contributed by atoms with Gasteiger partial charge in [0.25, 0.3) is 0 Å². The summed E-state index contributed by atoms with van der Waals surface area (Å²) in [6.07, 6.45) is 1.70. The van der Waals surface area contributed by atoms with Crippen LogP contribution in [-0.2, 0) is 7.05 Å². The molecule has 3 heterocycles. The molecule has 0 amide bonds. The minimum atomic E-state index is 0.0163. The van der Waals surface area contributed by atoms with Crippen molar-refractivity contribution in [3.8, 4) is 0 Å². The molecule has 0 unspecified atom stereocenters. The molecule has 3 aromatic rings. The van der Waals surface area contributed by atoms with Gasteiger partial charge in [-0.1, -0.05) is 13.8 Å². The summed E-state index contributed by atoms with van der Waals surface area (Å²) in [5.41, 5.74) is 2.85. The Labute approximate surface area is 129 Å². The Kier molecular flexibility index (Phi) is 3.56. The summed E-state index contributed by atoms with van der Waals surface area (Å²) in [6.45, 7) is 8.30. The molecule has 3 aromatic heterocycles. The van der Waals surface area contributed by atoms with E-state index in [1.54, 1.807) is 6.33 Å². The Morgan fingerprint density at radius 3 is 2.59 bits per heavy atom. The lowest BCUT2D eigenvalue weighted by Crippen LogP contribution is -2.15. The first kappa shape index (κ1) is 14.5. The maximum Gasteiger partial charge on any atom is 0.157 e. The van der Waals surface area contributed by atoms with Crippen LogP contribution in [-0.4, -0.2) is 29.4 Å². The highest BCUT2D eigenvalue weighted by Gasteiger charge is 2.15. The summed E-state index contributed by atoms with van der Waals surface area (Å²) in [7, 11) is 1.94. The predicted molar refractivity (Wildman–Crippen MR) is 84.9 cm³/mol. The molecule has 0 saturated carbocycles. The Hall–Kier alpha value is -2.44. The molecule has 116 valence electrons. The van der Waals surface area contributed by atoms with Gasteiger partial charge < -0.3 is 9.88 Å². The summed E-state index contributed by atoms with van der Waals surface area (Å²) >= 11 is 0. The van der Waals surface area contributed by atoms with Crippen molar-refractivity contribution >= 4 is 11.5 Å². The number of aryl methyl sites for hydroxylation is 2. The van der Waals surface area contributed by atoms with Crippen molar-refractivity contribution in [2.75, 3.05) is 5.32 Å². The highest BCUT2D eigenvalue weighted by atomic mass is 15.3. The maximum absolute atomic E-state index is 4.67. The van der Waals surface area contributed by atoms with Crippen LogP contribution in [0.15, 0.2) is 18.5 Å². The standard InChI is InChI=1S/C15H21N7/c1-9(2)12-7-14(22-13(18-12)6-10(3)20-22)17-11(4)15-19-16-8-21(15)5/h6-9,11,17H,1-5H3/t11-/m1/s1. The molecule has 0 aliphatic rings. The van der Waals surface area contributed by atoms with Crippen molar-refractivity contribution in [3.63, 3.8) is 0 Å². The average Bonchev–Trinajstić information content (AvgIpc) is 3.03. The molecular formula is C15H21N7. The van der Waals surface area contributed by atoms with Crippen LogP contribution in [0, 0.1) is 6.92 Å². The largest absolute Gasteiger partial charge is 0.360 e. The van der Waals surface area contributed by atoms with Crippen molar-refractivity contribution in [1.29, 1.82) is 0 Å². The zero-order valence-electron chi connectivity index (χ0n) is 13.6. The molecule has 7 nitrogen and oxygen atoms in total. The molecular weight excluding hydrogens is 278 g/mol. The second-order valence-corrected chi connectivity index (χ2v) is 5.94. The second kappa shape index (κ2) is 5.40. The normalized spacial score (nSPS) is 13.0. The third kappa shape index (κ3) is 2.54. The number of hydrogen-bond acceptors (Lipinski definition) is 5.